The predicted octanol–water partition coefficient (Wildman–Crippen LogP) is 4.61. The van der Waals surface area contributed by atoms with E-state index in [4.69, 9.17) is 9.47 Å². The zero-order valence-electron chi connectivity index (χ0n) is 15.8. The molecule has 3 aromatic rings. The van der Waals surface area contributed by atoms with Crippen molar-refractivity contribution in [3.05, 3.63) is 76.5 Å². The van der Waals surface area contributed by atoms with Crippen LogP contribution in [0.2, 0.25) is 0 Å². The molecule has 0 saturated carbocycles. The molecule has 0 bridgehead atoms. The molecule has 0 spiro atoms. The van der Waals surface area contributed by atoms with Crippen LogP contribution in [0.5, 0.6) is 11.5 Å². The van der Waals surface area contributed by atoms with Gasteiger partial charge in [0.15, 0.2) is 11.5 Å². The Morgan fingerprint density at radius 1 is 0.929 bits per heavy atom. The zero-order chi connectivity index (χ0) is 20.0. The van der Waals surface area contributed by atoms with E-state index in [0.717, 1.165) is 10.4 Å². The number of benzene rings is 2. The standard InChI is InChI=1S/C21H23NO4S2/c1-3-25-18-13-12-17(15-19(18)26-4-2)28(23,24)22-21(20-11-8-14-27-20)16-9-6-5-7-10-16/h5-15,21-22H,3-4H2,1-2H3/t21-/m1/s1. The van der Waals surface area contributed by atoms with E-state index >= 15 is 0 Å². The van der Waals surface area contributed by atoms with Gasteiger partial charge in [0.25, 0.3) is 0 Å². The second-order valence-electron chi connectivity index (χ2n) is 5.95. The minimum Gasteiger partial charge on any atom is -0.490 e. The van der Waals surface area contributed by atoms with Gasteiger partial charge in [-0.05, 0) is 43.0 Å². The van der Waals surface area contributed by atoms with E-state index in [1.165, 1.54) is 23.5 Å². The van der Waals surface area contributed by atoms with Crippen LogP contribution in [0, 0.1) is 0 Å². The van der Waals surface area contributed by atoms with Gasteiger partial charge in [-0.15, -0.1) is 11.3 Å². The van der Waals surface area contributed by atoms with Crippen molar-refractivity contribution in [3.63, 3.8) is 0 Å². The SMILES string of the molecule is CCOc1ccc(S(=O)(=O)N[C@H](c2ccccc2)c2cccs2)cc1OCC. The maximum atomic E-state index is 13.1. The van der Waals surface area contributed by atoms with E-state index < -0.39 is 16.1 Å². The molecule has 0 aliphatic heterocycles. The normalized spacial score (nSPS) is 12.5. The topological polar surface area (TPSA) is 64.6 Å². The van der Waals surface area contributed by atoms with E-state index in [0.29, 0.717) is 24.7 Å². The third kappa shape index (κ3) is 4.73. The van der Waals surface area contributed by atoms with Gasteiger partial charge in [-0.25, -0.2) is 8.42 Å². The Labute approximate surface area is 170 Å². The smallest absolute Gasteiger partial charge is 0.241 e. The van der Waals surface area contributed by atoms with Crippen molar-refractivity contribution in [1.82, 2.24) is 4.72 Å². The van der Waals surface area contributed by atoms with Crippen LogP contribution in [-0.2, 0) is 10.0 Å². The molecular weight excluding hydrogens is 394 g/mol. The van der Waals surface area contributed by atoms with E-state index in [2.05, 4.69) is 4.72 Å². The first kappa shape index (κ1) is 20.4. The first-order valence-electron chi connectivity index (χ1n) is 9.05. The fraction of sp³-hybridized carbons (Fsp3) is 0.238. The van der Waals surface area contributed by atoms with Crippen LogP contribution in [0.3, 0.4) is 0 Å². The number of thiophene rings is 1. The molecule has 0 radical (unpaired) electrons. The van der Waals surface area contributed by atoms with E-state index in [9.17, 15) is 8.42 Å². The molecule has 1 N–H and O–H groups in total. The first-order valence-corrected chi connectivity index (χ1v) is 11.4. The molecule has 0 fully saturated rings. The highest BCUT2D eigenvalue weighted by Gasteiger charge is 2.24. The van der Waals surface area contributed by atoms with Crippen molar-refractivity contribution in [1.29, 1.82) is 0 Å². The Bertz CT molecular complexity index is 987. The Balaban J connectivity index is 1.96. The summed E-state index contributed by atoms with van der Waals surface area (Å²) >= 11 is 1.51. The van der Waals surface area contributed by atoms with Gasteiger partial charge in [-0.2, -0.15) is 4.72 Å². The fourth-order valence-corrected chi connectivity index (χ4v) is 4.91. The maximum absolute atomic E-state index is 13.1. The number of nitrogens with one attached hydrogen (secondary N) is 1. The van der Waals surface area contributed by atoms with Crippen LogP contribution in [0.15, 0.2) is 70.9 Å². The summed E-state index contributed by atoms with van der Waals surface area (Å²) in [6, 6.07) is 17.6. The summed E-state index contributed by atoms with van der Waals surface area (Å²) in [7, 11) is -3.79. The van der Waals surface area contributed by atoms with Gasteiger partial charge in [0.05, 0.1) is 24.2 Å². The summed E-state index contributed by atoms with van der Waals surface area (Å²) in [5.41, 5.74) is 0.879. The van der Waals surface area contributed by atoms with Crippen molar-refractivity contribution in [2.45, 2.75) is 24.8 Å². The molecule has 0 unspecified atom stereocenters. The molecule has 0 saturated heterocycles. The first-order chi connectivity index (χ1) is 13.5. The lowest BCUT2D eigenvalue weighted by Gasteiger charge is -2.19. The molecule has 2 aromatic carbocycles. The molecule has 1 aromatic heterocycles. The number of ether oxygens (including phenoxy) is 2. The van der Waals surface area contributed by atoms with Crippen LogP contribution in [0.4, 0.5) is 0 Å². The van der Waals surface area contributed by atoms with Crippen molar-refractivity contribution in [2.75, 3.05) is 13.2 Å². The lowest BCUT2D eigenvalue weighted by molar-refractivity contribution is 0.287. The average Bonchev–Trinajstić information content (AvgIpc) is 3.23. The predicted molar refractivity (Wildman–Crippen MR) is 112 cm³/mol. The third-order valence-electron chi connectivity index (χ3n) is 4.06. The number of rotatable bonds is 9. The molecule has 3 rings (SSSR count). The maximum Gasteiger partial charge on any atom is 0.241 e. The summed E-state index contributed by atoms with van der Waals surface area (Å²) in [4.78, 5) is 1.06. The fourth-order valence-electron chi connectivity index (χ4n) is 2.81. The summed E-state index contributed by atoms with van der Waals surface area (Å²) in [5.74, 6) is 0.945. The van der Waals surface area contributed by atoms with Crippen molar-refractivity contribution < 1.29 is 17.9 Å². The van der Waals surface area contributed by atoms with Crippen molar-refractivity contribution in [3.8, 4) is 11.5 Å². The van der Waals surface area contributed by atoms with Crippen LogP contribution in [0.1, 0.15) is 30.3 Å². The van der Waals surface area contributed by atoms with E-state index in [1.54, 1.807) is 6.07 Å². The van der Waals surface area contributed by atoms with Crippen molar-refractivity contribution >= 4 is 21.4 Å². The molecule has 0 amide bonds. The highest BCUT2D eigenvalue weighted by Crippen LogP contribution is 2.32. The quantitative estimate of drug-likeness (QED) is 0.552. The lowest BCUT2D eigenvalue weighted by Crippen LogP contribution is -2.29. The summed E-state index contributed by atoms with van der Waals surface area (Å²) in [6.45, 7) is 4.60. The van der Waals surface area contributed by atoms with Crippen LogP contribution < -0.4 is 14.2 Å². The average molecular weight is 418 g/mol. The lowest BCUT2D eigenvalue weighted by atomic mass is 10.1. The summed E-state index contributed by atoms with van der Waals surface area (Å²) < 4.78 is 40.2. The van der Waals surface area contributed by atoms with E-state index in [-0.39, 0.29) is 4.90 Å². The van der Waals surface area contributed by atoms with Crippen LogP contribution in [0.25, 0.3) is 0 Å². The Morgan fingerprint density at radius 3 is 2.29 bits per heavy atom. The minimum absolute atomic E-state index is 0.136. The number of hydrogen-bond acceptors (Lipinski definition) is 5. The zero-order valence-corrected chi connectivity index (χ0v) is 17.4. The Hall–Kier alpha value is -2.35. The minimum atomic E-state index is -3.79. The third-order valence-corrected chi connectivity index (χ3v) is 6.42. The highest BCUT2D eigenvalue weighted by molar-refractivity contribution is 7.89. The molecule has 148 valence electrons. The molecule has 28 heavy (non-hydrogen) atoms. The molecule has 1 atom stereocenters. The van der Waals surface area contributed by atoms with Gasteiger partial charge in [0, 0.05) is 10.9 Å². The van der Waals surface area contributed by atoms with E-state index in [1.807, 2.05) is 61.7 Å². The summed E-state index contributed by atoms with van der Waals surface area (Å²) in [6.07, 6.45) is 0. The molecular formula is C21H23NO4S2. The van der Waals surface area contributed by atoms with Crippen LogP contribution in [-0.4, -0.2) is 21.6 Å². The second-order valence-corrected chi connectivity index (χ2v) is 8.65. The molecule has 0 aliphatic carbocycles. The highest BCUT2D eigenvalue weighted by atomic mass is 32.2. The Kier molecular flexibility index (Phi) is 6.72. The molecule has 7 heteroatoms. The van der Waals surface area contributed by atoms with Gasteiger partial charge in [0.1, 0.15) is 0 Å². The second kappa shape index (κ2) is 9.23. The number of hydrogen-bond donors (Lipinski definition) is 1. The Morgan fingerprint density at radius 2 is 1.64 bits per heavy atom. The van der Waals surface area contributed by atoms with Gasteiger partial charge in [-0.1, -0.05) is 36.4 Å². The largest absolute Gasteiger partial charge is 0.490 e. The molecule has 0 aliphatic rings. The van der Waals surface area contributed by atoms with Crippen LogP contribution >= 0.6 is 11.3 Å². The number of sulfonamides is 1. The van der Waals surface area contributed by atoms with Gasteiger partial charge >= 0.3 is 0 Å². The summed E-state index contributed by atoms with van der Waals surface area (Å²) in [5, 5.41) is 1.93. The monoisotopic (exact) mass is 417 g/mol. The van der Waals surface area contributed by atoms with Gasteiger partial charge < -0.3 is 9.47 Å². The molecule has 1 heterocycles. The van der Waals surface area contributed by atoms with Gasteiger partial charge in [-0.3, -0.25) is 0 Å². The molecule has 5 nitrogen and oxygen atoms in total. The van der Waals surface area contributed by atoms with Crippen molar-refractivity contribution in [2.24, 2.45) is 0 Å². The van der Waals surface area contributed by atoms with Gasteiger partial charge in [0.2, 0.25) is 10.0 Å².